The molecule has 0 aliphatic carbocycles. The zero-order valence-corrected chi connectivity index (χ0v) is 19.4. The molecule has 0 N–H and O–H groups in total. The molecule has 0 spiro atoms. The maximum absolute atomic E-state index is 13.5. The summed E-state index contributed by atoms with van der Waals surface area (Å²) in [5, 5.41) is 1.42. The Morgan fingerprint density at radius 3 is 1.81 bits per heavy atom. The van der Waals surface area contributed by atoms with Gasteiger partial charge in [-0.15, -0.1) is 0 Å². The van der Waals surface area contributed by atoms with Crippen LogP contribution in [0.25, 0.3) is 12.2 Å². The van der Waals surface area contributed by atoms with Gasteiger partial charge in [-0.1, -0.05) is 53.5 Å². The van der Waals surface area contributed by atoms with E-state index in [1.807, 2.05) is 54.6 Å². The van der Waals surface area contributed by atoms with Crippen molar-refractivity contribution in [2.24, 2.45) is 0 Å². The van der Waals surface area contributed by atoms with Crippen molar-refractivity contribution in [2.45, 2.75) is 6.42 Å². The summed E-state index contributed by atoms with van der Waals surface area (Å²) >= 11 is 12.1. The average molecular weight is 453 g/mol. The van der Waals surface area contributed by atoms with Gasteiger partial charge >= 0.3 is 0 Å². The van der Waals surface area contributed by atoms with Crippen LogP contribution in [-0.2, 0) is 4.79 Å². The monoisotopic (exact) mass is 452 g/mol. The first-order valence-corrected chi connectivity index (χ1v) is 11.2. The molecule has 2 aliphatic rings. The van der Waals surface area contributed by atoms with Crippen LogP contribution in [0.5, 0.6) is 0 Å². The lowest BCUT2D eigenvalue weighted by atomic mass is 9.85. The number of carbonyl (C=O) groups excluding carboxylic acids is 1. The Morgan fingerprint density at radius 1 is 0.710 bits per heavy atom. The molecule has 2 aliphatic heterocycles. The summed E-state index contributed by atoms with van der Waals surface area (Å²) in [6, 6.07) is 15.5. The summed E-state index contributed by atoms with van der Waals surface area (Å²) in [5.41, 5.74) is 6.23. The maximum Gasteiger partial charge on any atom is 0.187 e. The Labute approximate surface area is 194 Å². The minimum atomic E-state index is 0.162. The number of hydrogen-bond acceptors (Lipinski definition) is 3. The van der Waals surface area contributed by atoms with Gasteiger partial charge in [0.2, 0.25) is 0 Å². The third-order valence-electron chi connectivity index (χ3n) is 5.79. The smallest absolute Gasteiger partial charge is 0.187 e. The average Bonchev–Trinajstić information content (AvgIpc) is 2.74. The molecule has 2 heterocycles. The Hall–Kier alpha value is -2.17. The zero-order chi connectivity index (χ0) is 22.0. The first-order valence-electron chi connectivity index (χ1n) is 10.5. The predicted molar refractivity (Wildman–Crippen MR) is 131 cm³/mol. The summed E-state index contributed by atoms with van der Waals surface area (Å²) < 4.78 is 0. The highest BCUT2D eigenvalue weighted by atomic mass is 35.5. The molecular formula is C26H26Cl2N2O. The first kappa shape index (κ1) is 22.0. The fourth-order valence-corrected chi connectivity index (χ4v) is 4.48. The first-order chi connectivity index (χ1) is 14.9. The lowest BCUT2D eigenvalue weighted by Gasteiger charge is -2.33. The molecule has 2 aromatic carbocycles. The molecule has 0 aromatic heterocycles. The van der Waals surface area contributed by atoms with Crippen LogP contribution in [0.15, 0.2) is 70.8 Å². The third kappa shape index (κ3) is 5.36. The van der Waals surface area contributed by atoms with Crippen molar-refractivity contribution in [3.8, 4) is 0 Å². The number of likely N-dealkylation sites (N-methyl/N-ethyl adjacent to an activating group) is 2. The van der Waals surface area contributed by atoms with Crippen LogP contribution in [0, 0.1) is 0 Å². The normalized spacial score (nSPS) is 23.7. The molecule has 5 heteroatoms. The fourth-order valence-electron chi connectivity index (χ4n) is 4.22. The Bertz CT molecular complexity index is 1070. The van der Waals surface area contributed by atoms with Gasteiger partial charge in [-0.25, -0.2) is 0 Å². The third-order valence-corrected chi connectivity index (χ3v) is 6.30. The molecule has 0 atom stereocenters. The van der Waals surface area contributed by atoms with Crippen LogP contribution in [0.1, 0.15) is 17.5 Å². The van der Waals surface area contributed by atoms with E-state index in [0.717, 1.165) is 46.8 Å². The molecular weight excluding hydrogens is 427 g/mol. The largest absolute Gasteiger partial charge is 0.302 e. The van der Waals surface area contributed by atoms with Gasteiger partial charge in [-0.3, -0.25) is 9.69 Å². The second kappa shape index (κ2) is 9.54. The number of piperidine rings is 2. The number of benzene rings is 2. The molecule has 3 nitrogen and oxygen atoms in total. The summed E-state index contributed by atoms with van der Waals surface area (Å²) in [4.78, 5) is 18.0. The number of Topliss-reactive ketones (excluding diaryl/α,β-unsaturated/α-hetero) is 1. The lowest BCUT2D eigenvalue weighted by Crippen LogP contribution is -2.37. The minimum Gasteiger partial charge on any atom is -0.302 e. The quantitative estimate of drug-likeness (QED) is 0.553. The molecule has 2 fully saturated rings. The number of hydrogen-bond donors (Lipinski definition) is 0. The van der Waals surface area contributed by atoms with Gasteiger partial charge in [0.05, 0.1) is 0 Å². The number of likely N-dealkylation sites (tertiary alicyclic amines) is 2. The van der Waals surface area contributed by atoms with Crippen molar-refractivity contribution in [1.29, 1.82) is 0 Å². The minimum absolute atomic E-state index is 0.162. The van der Waals surface area contributed by atoms with Gasteiger partial charge < -0.3 is 4.90 Å². The molecule has 160 valence electrons. The van der Waals surface area contributed by atoms with E-state index in [2.05, 4.69) is 30.0 Å². The van der Waals surface area contributed by atoms with E-state index in [9.17, 15) is 4.79 Å². The number of nitrogens with zero attached hydrogens (tertiary/aromatic N) is 2. The fraction of sp³-hybridized carbons (Fsp3) is 0.269. The zero-order valence-electron chi connectivity index (χ0n) is 17.9. The second-order valence-corrected chi connectivity index (χ2v) is 9.26. The summed E-state index contributed by atoms with van der Waals surface area (Å²) in [6.07, 6.45) is 5.06. The second-order valence-electron chi connectivity index (χ2n) is 8.39. The molecule has 0 radical (unpaired) electrons. The van der Waals surface area contributed by atoms with Gasteiger partial charge in [0.25, 0.3) is 0 Å². The Balaban J connectivity index is 1.73. The number of rotatable bonds is 2. The topological polar surface area (TPSA) is 23.6 Å². The Kier molecular flexibility index (Phi) is 6.78. The molecule has 2 saturated heterocycles. The molecule has 31 heavy (non-hydrogen) atoms. The van der Waals surface area contributed by atoms with Crippen molar-refractivity contribution in [2.75, 3.05) is 40.3 Å². The number of halogens is 2. The van der Waals surface area contributed by atoms with Crippen molar-refractivity contribution in [3.05, 3.63) is 92.0 Å². The highest BCUT2D eigenvalue weighted by molar-refractivity contribution is 6.30. The van der Waals surface area contributed by atoms with E-state index in [1.54, 1.807) is 0 Å². The number of ketones is 1. The Morgan fingerprint density at radius 2 is 1.23 bits per heavy atom. The van der Waals surface area contributed by atoms with Crippen LogP contribution < -0.4 is 0 Å². The van der Waals surface area contributed by atoms with Crippen molar-refractivity contribution in [1.82, 2.24) is 9.80 Å². The summed E-state index contributed by atoms with van der Waals surface area (Å²) in [7, 11) is 4.19. The van der Waals surface area contributed by atoms with Crippen molar-refractivity contribution < 1.29 is 4.79 Å². The van der Waals surface area contributed by atoms with E-state index in [1.165, 1.54) is 11.1 Å². The highest BCUT2D eigenvalue weighted by Gasteiger charge is 2.29. The van der Waals surface area contributed by atoms with E-state index >= 15 is 0 Å². The SMILES string of the molecule is CN1CCC(=C2/CN(C)C/C(=C\c3ccc(Cl)cc3)C2=O)/C(=C/c2ccc(Cl)cc2)C1. The lowest BCUT2D eigenvalue weighted by molar-refractivity contribution is -0.113. The van der Waals surface area contributed by atoms with Gasteiger partial charge in [0.15, 0.2) is 5.78 Å². The van der Waals surface area contributed by atoms with E-state index in [0.29, 0.717) is 18.1 Å². The molecule has 0 bridgehead atoms. The van der Waals surface area contributed by atoms with Crippen LogP contribution in [0.4, 0.5) is 0 Å². The van der Waals surface area contributed by atoms with E-state index < -0.39 is 0 Å². The van der Waals surface area contributed by atoms with Gasteiger partial charge in [-0.05, 0) is 73.1 Å². The maximum atomic E-state index is 13.5. The predicted octanol–water partition coefficient (Wildman–Crippen LogP) is 5.61. The van der Waals surface area contributed by atoms with Crippen molar-refractivity contribution >= 4 is 41.1 Å². The van der Waals surface area contributed by atoms with Crippen LogP contribution in [0.2, 0.25) is 10.0 Å². The molecule has 0 saturated carbocycles. The highest BCUT2D eigenvalue weighted by Crippen LogP contribution is 2.31. The van der Waals surface area contributed by atoms with Crippen LogP contribution in [0.3, 0.4) is 0 Å². The molecule has 0 unspecified atom stereocenters. The van der Waals surface area contributed by atoms with Crippen LogP contribution in [-0.4, -0.2) is 55.9 Å². The van der Waals surface area contributed by atoms with Gasteiger partial charge in [0, 0.05) is 47.4 Å². The molecule has 2 aromatic rings. The summed E-state index contributed by atoms with van der Waals surface area (Å²) in [5.74, 6) is 0.162. The van der Waals surface area contributed by atoms with Gasteiger partial charge in [-0.2, -0.15) is 0 Å². The molecule has 0 amide bonds. The van der Waals surface area contributed by atoms with E-state index in [-0.39, 0.29) is 5.78 Å². The standard InChI is InChI=1S/C26H26Cl2N2O/c1-29-12-11-24(20(15-29)13-18-3-7-22(27)8-4-18)25-17-30(2)16-21(26(25)31)14-19-5-9-23(28)10-6-19/h3-10,13-14H,11-12,15-17H2,1-2H3/b20-13+,21-14+,25-24+. The van der Waals surface area contributed by atoms with Crippen molar-refractivity contribution in [3.63, 3.8) is 0 Å². The molecule has 4 rings (SSSR count). The van der Waals surface area contributed by atoms with Crippen LogP contribution >= 0.6 is 23.2 Å². The van der Waals surface area contributed by atoms with Gasteiger partial charge in [0.1, 0.15) is 0 Å². The van der Waals surface area contributed by atoms with E-state index in [4.69, 9.17) is 23.2 Å². The summed E-state index contributed by atoms with van der Waals surface area (Å²) in [6.45, 7) is 3.10. The number of carbonyl (C=O) groups is 1.